The molecule has 1 aliphatic heterocycles. The van der Waals surface area contributed by atoms with Gasteiger partial charge in [0.2, 0.25) is 0 Å². The van der Waals surface area contributed by atoms with Crippen molar-refractivity contribution in [2.24, 2.45) is 0 Å². The van der Waals surface area contributed by atoms with Crippen molar-refractivity contribution in [3.05, 3.63) is 89.2 Å². The quantitative estimate of drug-likeness (QED) is 0.435. The Morgan fingerprint density at radius 3 is 2.34 bits per heavy atom. The Hall–Kier alpha value is -3.51. The molecule has 2 aromatic heterocycles. The van der Waals surface area contributed by atoms with E-state index >= 15 is 0 Å². The minimum atomic E-state index is -0.00322. The number of carbonyl (C=O) groups excluding carboxylic acids is 1. The molecule has 2 fully saturated rings. The average Bonchev–Trinajstić information content (AvgIpc) is 3.69. The van der Waals surface area contributed by atoms with E-state index in [4.69, 9.17) is 10.1 Å². The second-order valence-electron chi connectivity index (χ2n) is 9.91. The molecule has 0 atom stereocenters. The number of aromatic nitrogens is 3. The molecule has 35 heavy (non-hydrogen) atoms. The largest absolute Gasteiger partial charge is 0.349 e. The summed E-state index contributed by atoms with van der Waals surface area (Å²) in [6, 6.07) is 22.9. The summed E-state index contributed by atoms with van der Waals surface area (Å²) < 4.78 is 1.88. The maximum atomic E-state index is 13.6. The Labute approximate surface area is 206 Å². The van der Waals surface area contributed by atoms with Crippen LogP contribution < -0.4 is 5.32 Å². The van der Waals surface area contributed by atoms with Gasteiger partial charge in [0.25, 0.3) is 5.91 Å². The Bertz CT molecular complexity index is 1340. The van der Waals surface area contributed by atoms with Crippen LogP contribution in [0.25, 0.3) is 16.7 Å². The maximum absolute atomic E-state index is 13.6. The summed E-state index contributed by atoms with van der Waals surface area (Å²) in [5, 5.41) is 8.99. The van der Waals surface area contributed by atoms with E-state index in [2.05, 4.69) is 40.5 Å². The van der Waals surface area contributed by atoms with Gasteiger partial charge in [-0.25, -0.2) is 9.67 Å². The van der Waals surface area contributed by atoms with Crippen LogP contribution in [0.5, 0.6) is 0 Å². The van der Waals surface area contributed by atoms with Crippen molar-refractivity contribution in [2.45, 2.75) is 51.1 Å². The lowest BCUT2D eigenvalue weighted by Gasteiger charge is -2.32. The molecule has 1 aliphatic carbocycles. The Morgan fingerprint density at radius 2 is 1.66 bits per heavy atom. The highest BCUT2D eigenvalue weighted by Crippen LogP contribution is 2.40. The summed E-state index contributed by atoms with van der Waals surface area (Å²) in [6.45, 7) is 4.92. The number of amides is 1. The molecule has 0 spiro atoms. The van der Waals surface area contributed by atoms with E-state index in [0.29, 0.717) is 11.5 Å². The number of fused-ring (bicyclic) bond motifs is 1. The summed E-state index contributed by atoms with van der Waals surface area (Å²) in [7, 11) is 0. The molecule has 1 N–H and O–H groups in total. The van der Waals surface area contributed by atoms with Crippen LogP contribution in [0.2, 0.25) is 0 Å². The number of aryl methyl sites for hydroxylation is 1. The number of nitrogens with zero attached hydrogens (tertiary/aromatic N) is 4. The summed E-state index contributed by atoms with van der Waals surface area (Å²) in [5.74, 6) is 0.447. The summed E-state index contributed by atoms with van der Waals surface area (Å²) in [4.78, 5) is 21.1. The van der Waals surface area contributed by atoms with E-state index in [1.807, 2.05) is 48.0 Å². The second kappa shape index (κ2) is 9.27. The van der Waals surface area contributed by atoms with Gasteiger partial charge in [-0.3, -0.25) is 9.69 Å². The van der Waals surface area contributed by atoms with Crippen molar-refractivity contribution in [1.82, 2.24) is 25.0 Å². The fourth-order valence-electron chi connectivity index (χ4n) is 5.16. The highest BCUT2D eigenvalue weighted by molar-refractivity contribution is 6.07. The number of rotatable bonds is 6. The molecule has 0 radical (unpaired) electrons. The lowest BCUT2D eigenvalue weighted by molar-refractivity contribution is 0.0910. The zero-order valence-electron chi connectivity index (χ0n) is 20.2. The summed E-state index contributed by atoms with van der Waals surface area (Å²) in [6.07, 6.45) is 4.20. The smallest absolute Gasteiger partial charge is 0.252 e. The SMILES string of the molecule is Cc1nn(-c2ccccc2)c2nc(C3CC3)cc(C(=O)NC3CCN(Cc4ccccc4)CC3)c12. The van der Waals surface area contributed by atoms with Crippen LogP contribution in [0.15, 0.2) is 66.7 Å². The predicted molar refractivity (Wildman–Crippen MR) is 138 cm³/mol. The van der Waals surface area contributed by atoms with Crippen LogP contribution in [0.3, 0.4) is 0 Å². The molecule has 2 aromatic carbocycles. The summed E-state index contributed by atoms with van der Waals surface area (Å²) in [5.41, 5.74) is 5.64. The fraction of sp³-hybridized carbons (Fsp3) is 0.345. The fourth-order valence-corrected chi connectivity index (χ4v) is 5.16. The van der Waals surface area contributed by atoms with Gasteiger partial charge in [0.05, 0.1) is 22.3 Å². The van der Waals surface area contributed by atoms with Gasteiger partial charge in [0, 0.05) is 37.3 Å². The van der Waals surface area contributed by atoms with Crippen LogP contribution in [-0.4, -0.2) is 44.7 Å². The molecule has 1 saturated carbocycles. The first kappa shape index (κ1) is 22.0. The van der Waals surface area contributed by atoms with Crippen LogP contribution in [0.4, 0.5) is 0 Å². The summed E-state index contributed by atoms with van der Waals surface area (Å²) >= 11 is 0. The maximum Gasteiger partial charge on any atom is 0.252 e. The second-order valence-corrected chi connectivity index (χ2v) is 9.91. The normalized spacial score (nSPS) is 17.1. The zero-order chi connectivity index (χ0) is 23.8. The van der Waals surface area contributed by atoms with E-state index in [-0.39, 0.29) is 11.9 Å². The molecule has 1 amide bonds. The molecule has 2 aliphatic rings. The highest BCUT2D eigenvalue weighted by Gasteiger charge is 2.30. The molecule has 3 heterocycles. The molecule has 4 aromatic rings. The first-order valence-corrected chi connectivity index (χ1v) is 12.7. The predicted octanol–water partition coefficient (Wildman–Crippen LogP) is 5.00. The number of carbonyl (C=O) groups is 1. The number of piperidine rings is 1. The topological polar surface area (TPSA) is 63.1 Å². The number of benzene rings is 2. The third-order valence-corrected chi connectivity index (χ3v) is 7.25. The lowest BCUT2D eigenvalue weighted by Crippen LogP contribution is -2.44. The Balaban J connectivity index is 1.23. The minimum Gasteiger partial charge on any atom is -0.349 e. The van der Waals surface area contributed by atoms with Crippen LogP contribution in [0, 0.1) is 6.92 Å². The van der Waals surface area contributed by atoms with E-state index in [1.54, 1.807) is 0 Å². The lowest BCUT2D eigenvalue weighted by atomic mass is 10.0. The van der Waals surface area contributed by atoms with Gasteiger partial charge < -0.3 is 5.32 Å². The number of hydrogen-bond donors (Lipinski definition) is 1. The zero-order valence-corrected chi connectivity index (χ0v) is 20.2. The van der Waals surface area contributed by atoms with Crippen molar-refractivity contribution < 1.29 is 4.79 Å². The molecule has 0 bridgehead atoms. The number of nitrogens with one attached hydrogen (secondary N) is 1. The van der Waals surface area contributed by atoms with Gasteiger partial charge >= 0.3 is 0 Å². The molecule has 1 saturated heterocycles. The molecule has 178 valence electrons. The molecule has 6 nitrogen and oxygen atoms in total. The number of likely N-dealkylation sites (tertiary alicyclic amines) is 1. The third kappa shape index (κ3) is 4.58. The third-order valence-electron chi connectivity index (χ3n) is 7.25. The first-order chi connectivity index (χ1) is 17.2. The highest BCUT2D eigenvalue weighted by atomic mass is 16.1. The Morgan fingerprint density at radius 1 is 0.971 bits per heavy atom. The monoisotopic (exact) mass is 465 g/mol. The number of para-hydroxylation sites is 1. The average molecular weight is 466 g/mol. The van der Waals surface area contributed by atoms with Gasteiger partial charge in [-0.15, -0.1) is 0 Å². The Kier molecular flexibility index (Phi) is 5.82. The van der Waals surface area contributed by atoms with Gasteiger partial charge in [-0.2, -0.15) is 5.10 Å². The van der Waals surface area contributed by atoms with Crippen LogP contribution >= 0.6 is 0 Å². The van der Waals surface area contributed by atoms with Gasteiger partial charge in [-0.1, -0.05) is 48.5 Å². The van der Waals surface area contributed by atoms with Crippen molar-refractivity contribution >= 4 is 16.9 Å². The molecular weight excluding hydrogens is 434 g/mol. The number of hydrogen-bond acceptors (Lipinski definition) is 4. The molecular formula is C29H31N5O. The minimum absolute atomic E-state index is 0.00322. The van der Waals surface area contributed by atoms with Gasteiger partial charge in [0.15, 0.2) is 5.65 Å². The first-order valence-electron chi connectivity index (χ1n) is 12.7. The van der Waals surface area contributed by atoms with E-state index < -0.39 is 0 Å². The van der Waals surface area contributed by atoms with Crippen LogP contribution in [0.1, 0.15) is 58.9 Å². The van der Waals surface area contributed by atoms with Gasteiger partial charge in [0.1, 0.15) is 0 Å². The standard InChI is InChI=1S/C29H31N5O/c1-20-27-25(29(35)30-23-14-16-33(17-15-23)19-21-8-4-2-5-9-21)18-26(22-12-13-22)31-28(27)34(32-20)24-10-6-3-7-11-24/h2-11,18,22-23H,12-17,19H2,1H3,(H,30,35). The van der Waals surface area contributed by atoms with Crippen LogP contribution in [-0.2, 0) is 6.54 Å². The number of pyridine rings is 1. The van der Waals surface area contributed by atoms with E-state index in [9.17, 15) is 4.79 Å². The van der Waals surface area contributed by atoms with E-state index in [0.717, 1.165) is 73.4 Å². The van der Waals surface area contributed by atoms with Crippen molar-refractivity contribution in [3.8, 4) is 5.69 Å². The van der Waals surface area contributed by atoms with Crippen molar-refractivity contribution in [3.63, 3.8) is 0 Å². The van der Waals surface area contributed by atoms with E-state index in [1.165, 1.54) is 5.56 Å². The molecule has 6 rings (SSSR count). The molecule has 0 unspecified atom stereocenters. The van der Waals surface area contributed by atoms with Crippen molar-refractivity contribution in [1.29, 1.82) is 0 Å². The van der Waals surface area contributed by atoms with Crippen molar-refractivity contribution in [2.75, 3.05) is 13.1 Å². The molecule has 6 heteroatoms. The van der Waals surface area contributed by atoms with Gasteiger partial charge in [-0.05, 0) is 56.4 Å².